The number of rotatable bonds is 7. The van der Waals surface area contributed by atoms with Crippen LogP contribution in [0.5, 0.6) is 5.75 Å². The Morgan fingerprint density at radius 3 is 2.48 bits per heavy atom. The zero-order chi connectivity index (χ0) is 21.0. The minimum absolute atomic E-state index is 0.236. The Balaban J connectivity index is 1.55. The minimum atomic E-state index is 0.236. The van der Waals surface area contributed by atoms with Gasteiger partial charge in [0.25, 0.3) is 0 Å². The van der Waals surface area contributed by atoms with Crippen LogP contribution < -0.4 is 9.64 Å². The quantitative estimate of drug-likeness (QED) is 0.717. The molecule has 1 aromatic carbocycles. The summed E-state index contributed by atoms with van der Waals surface area (Å²) in [5.74, 6) is 1.68. The summed E-state index contributed by atoms with van der Waals surface area (Å²) in [6.07, 6.45) is 1.31. The fraction of sp³-hybridized carbons (Fsp3) is 0.565. The molecule has 2 aromatic rings. The molecule has 0 spiro atoms. The molecule has 2 heterocycles. The molecule has 158 valence electrons. The van der Waals surface area contributed by atoms with Crippen LogP contribution in [0.2, 0.25) is 0 Å². The Kier molecular flexibility index (Phi) is 6.83. The van der Waals surface area contributed by atoms with E-state index in [1.807, 2.05) is 23.1 Å². The smallest absolute Gasteiger partial charge is 0.223 e. The van der Waals surface area contributed by atoms with E-state index in [0.29, 0.717) is 12.3 Å². The summed E-state index contributed by atoms with van der Waals surface area (Å²) in [7, 11) is 1.70. The number of piperazine rings is 1. The molecule has 1 aliphatic rings. The topological polar surface area (TPSA) is 50.6 Å². The molecule has 1 aliphatic heterocycles. The fourth-order valence-corrected chi connectivity index (χ4v) is 4.10. The lowest BCUT2D eigenvalue weighted by Gasteiger charge is -2.36. The molecule has 6 nitrogen and oxygen atoms in total. The summed E-state index contributed by atoms with van der Waals surface area (Å²) in [5.41, 5.74) is 4.58. The highest BCUT2D eigenvalue weighted by atomic mass is 16.5. The van der Waals surface area contributed by atoms with Crippen LogP contribution in [0, 0.1) is 19.8 Å². The predicted octanol–water partition coefficient (Wildman–Crippen LogP) is 3.45. The molecule has 0 aliphatic carbocycles. The summed E-state index contributed by atoms with van der Waals surface area (Å²) in [6, 6.07) is 8.07. The number of carbonyl (C=O) groups excluding carboxylic acids is 1. The van der Waals surface area contributed by atoms with E-state index >= 15 is 0 Å². The number of carbonyl (C=O) groups is 1. The maximum atomic E-state index is 12.8. The van der Waals surface area contributed by atoms with Crippen molar-refractivity contribution >= 4 is 11.6 Å². The lowest BCUT2D eigenvalue weighted by Crippen LogP contribution is -2.49. The van der Waals surface area contributed by atoms with Gasteiger partial charge >= 0.3 is 0 Å². The minimum Gasteiger partial charge on any atom is -0.495 e. The maximum Gasteiger partial charge on any atom is 0.223 e. The van der Waals surface area contributed by atoms with E-state index in [9.17, 15) is 4.79 Å². The Bertz CT molecular complexity index is 835. The summed E-state index contributed by atoms with van der Waals surface area (Å²) >= 11 is 0. The average molecular weight is 399 g/mol. The number of benzene rings is 1. The summed E-state index contributed by atoms with van der Waals surface area (Å²) in [5, 5.41) is 4.67. The van der Waals surface area contributed by atoms with Crippen LogP contribution in [0.3, 0.4) is 0 Å². The second-order valence-corrected chi connectivity index (χ2v) is 8.27. The zero-order valence-corrected chi connectivity index (χ0v) is 18.4. The van der Waals surface area contributed by atoms with E-state index in [-0.39, 0.29) is 5.91 Å². The van der Waals surface area contributed by atoms with E-state index in [1.165, 1.54) is 11.3 Å². The number of para-hydroxylation sites is 2. The normalized spacial score (nSPS) is 14.6. The van der Waals surface area contributed by atoms with Gasteiger partial charge in [0.15, 0.2) is 0 Å². The van der Waals surface area contributed by atoms with Gasteiger partial charge in [-0.15, -0.1) is 0 Å². The number of amides is 1. The molecule has 1 amide bonds. The molecule has 3 rings (SSSR count). The molecule has 1 saturated heterocycles. The Morgan fingerprint density at radius 2 is 1.83 bits per heavy atom. The van der Waals surface area contributed by atoms with Gasteiger partial charge in [0, 0.05) is 44.8 Å². The van der Waals surface area contributed by atoms with Crippen molar-refractivity contribution in [3.8, 4) is 5.75 Å². The third-order valence-electron chi connectivity index (χ3n) is 5.72. The number of anilines is 1. The van der Waals surface area contributed by atoms with Gasteiger partial charge in [-0.1, -0.05) is 26.0 Å². The molecule has 1 fully saturated rings. The van der Waals surface area contributed by atoms with Crippen molar-refractivity contribution in [2.75, 3.05) is 38.2 Å². The number of aromatic nitrogens is 2. The molecule has 0 unspecified atom stereocenters. The van der Waals surface area contributed by atoms with E-state index in [0.717, 1.165) is 56.3 Å². The van der Waals surface area contributed by atoms with Crippen molar-refractivity contribution in [2.24, 2.45) is 5.92 Å². The van der Waals surface area contributed by atoms with Crippen molar-refractivity contribution in [2.45, 2.75) is 47.1 Å². The SMILES string of the molecule is COc1ccccc1N1CCN(C(=O)CCc2c(C)nn(CC(C)C)c2C)CC1. The zero-order valence-electron chi connectivity index (χ0n) is 18.4. The van der Waals surface area contributed by atoms with Crippen molar-refractivity contribution in [3.63, 3.8) is 0 Å². The maximum absolute atomic E-state index is 12.8. The van der Waals surface area contributed by atoms with Crippen molar-refractivity contribution in [1.82, 2.24) is 14.7 Å². The molecule has 29 heavy (non-hydrogen) atoms. The van der Waals surface area contributed by atoms with E-state index in [2.05, 4.69) is 48.4 Å². The van der Waals surface area contributed by atoms with Gasteiger partial charge < -0.3 is 14.5 Å². The van der Waals surface area contributed by atoms with E-state index in [1.54, 1.807) is 7.11 Å². The average Bonchev–Trinajstić information content (AvgIpc) is 2.98. The molecule has 1 aromatic heterocycles. The first-order valence-corrected chi connectivity index (χ1v) is 10.6. The highest BCUT2D eigenvalue weighted by Gasteiger charge is 2.23. The Labute approximate surface area is 174 Å². The fourth-order valence-electron chi connectivity index (χ4n) is 4.10. The van der Waals surface area contributed by atoms with Crippen LogP contribution in [0.4, 0.5) is 5.69 Å². The molecular weight excluding hydrogens is 364 g/mol. The van der Waals surface area contributed by atoms with E-state index < -0.39 is 0 Å². The summed E-state index contributed by atoms with van der Waals surface area (Å²) in [4.78, 5) is 17.1. The second kappa shape index (κ2) is 9.33. The van der Waals surface area contributed by atoms with Gasteiger partial charge in [-0.3, -0.25) is 9.48 Å². The van der Waals surface area contributed by atoms with Gasteiger partial charge in [-0.05, 0) is 43.9 Å². The van der Waals surface area contributed by atoms with Gasteiger partial charge in [0.2, 0.25) is 5.91 Å². The first kappa shape index (κ1) is 21.2. The number of nitrogens with zero attached hydrogens (tertiary/aromatic N) is 4. The Morgan fingerprint density at radius 1 is 1.14 bits per heavy atom. The lowest BCUT2D eigenvalue weighted by atomic mass is 10.1. The first-order chi connectivity index (χ1) is 13.9. The standard InChI is InChI=1S/C23H34N4O2/c1-17(2)16-27-19(4)20(18(3)24-27)10-11-23(28)26-14-12-25(13-15-26)21-8-6-7-9-22(21)29-5/h6-9,17H,10-16H2,1-5H3. The largest absolute Gasteiger partial charge is 0.495 e. The summed E-state index contributed by atoms with van der Waals surface area (Å²) < 4.78 is 7.57. The van der Waals surface area contributed by atoms with Crippen molar-refractivity contribution in [1.29, 1.82) is 0 Å². The molecule has 6 heteroatoms. The number of hydrogen-bond donors (Lipinski definition) is 0. The number of aryl methyl sites for hydroxylation is 1. The van der Waals surface area contributed by atoms with Gasteiger partial charge in [0.1, 0.15) is 5.75 Å². The second-order valence-electron chi connectivity index (χ2n) is 8.27. The van der Waals surface area contributed by atoms with Crippen LogP contribution >= 0.6 is 0 Å². The summed E-state index contributed by atoms with van der Waals surface area (Å²) in [6.45, 7) is 12.7. The molecular formula is C23H34N4O2. The number of methoxy groups -OCH3 is 1. The molecule has 0 radical (unpaired) electrons. The highest BCUT2D eigenvalue weighted by molar-refractivity contribution is 5.77. The van der Waals surface area contributed by atoms with E-state index in [4.69, 9.17) is 4.74 Å². The number of ether oxygens (including phenoxy) is 1. The third-order valence-corrected chi connectivity index (χ3v) is 5.72. The van der Waals surface area contributed by atoms with Crippen LogP contribution in [0.25, 0.3) is 0 Å². The van der Waals surface area contributed by atoms with Crippen LogP contribution in [0.1, 0.15) is 37.2 Å². The molecule has 0 bridgehead atoms. The van der Waals surface area contributed by atoms with Gasteiger partial charge in [0.05, 0.1) is 18.5 Å². The van der Waals surface area contributed by atoms with Crippen LogP contribution in [-0.2, 0) is 17.8 Å². The monoisotopic (exact) mass is 398 g/mol. The van der Waals surface area contributed by atoms with Crippen LogP contribution in [0.15, 0.2) is 24.3 Å². The van der Waals surface area contributed by atoms with Crippen molar-refractivity contribution in [3.05, 3.63) is 41.2 Å². The van der Waals surface area contributed by atoms with Crippen LogP contribution in [-0.4, -0.2) is 53.9 Å². The first-order valence-electron chi connectivity index (χ1n) is 10.6. The van der Waals surface area contributed by atoms with Gasteiger partial charge in [-0.25, -0.2) is 0 Å². The molecule has 0 N–H and O–H groups in total. The predicted molar refractivity (Wildman–Crippen MR) is 117 cm³/mol. The third kappa shape index (κ3) is 4.92. The molecule has 0 atom stereocenters. The lowest BCUT2D eigenvalue weighted by molar-refractivity contribution is -0.131. The molecule has 0 saturated carbocycles. The Hall–Kier alpha value is -2.50. The van der Waals surface area contributed by atoms with Crippen molar-refractivity contribution < 1.29 is 9.53 Å². The number of hydrogen-bond acceptors (Lipinski definition) is 4. The van der Waals surface area contributed by atoms with Gasteiger partial charge in [-0.2, -0.15) is 5.10 Å². The highest BCUT2D eigenvalue weighted by Crippen LogP contribution is 2.28.